The van der Waals surface area contributed by atoms with Crippen LogP contribution in [0.15, 0.2) is 11.6 Å². The zero-order valence-electron chi connectivity index (χ0n) is 27.1. The molecule has 4 rings (SSSR count). The molecule has 41 heavy (non-hydrogen) atoms. The van der Waals surface area contributed by atoms with Crippen LogP contribution in [0.4, 0.5) is 4.79 Å². The number of ether oxygens (including phenoxy) is 1. The van der Waals surface area contributed by atoms with E-state index in [0.717, 1.165) is 67.6 Å². The maximum atomic E-state index is 12.5. The number of carbonyl (C=O) groups excluding carboxylic acids is 2. The molecule has 9 unspecified atom stereocenters. The fourth-order valence-electron chi connectivity index (χ4n) is 10.0. The number of primary amides is 1. The molecular formula is C35H61N3O3. The van der Waals surface area contributed by atoms with E-state index in [1.807, 2.05) is 0 Å². The van der Waals surface area contributed by atoms with Gasteiger partial charge < -0.3 is 21.1 Å². The molecule has 0 aromatic rings. The van der Waals surface area contributed by atoms with Crippen LogP contribution in [0.5, 0.6) is 0 Å². The Labute approximate surface area is 250 Å². The average Bonchev–Trinajstić information content (AvgIpc) is 3.27. The lowest BCUT2D eigenvalue weighted by Crippen LogP contribution is -2.51. The number of allylic oxidation sites excluding steroid dienone is 1. The molecule has 6 heteroatoms. The molecule has 234 valence electrons. The van der Waals surface area contributed by atoms with Crippen molar-refractivity contribution in [1.29, 1.82) is 0 Å². The van der Waals surface area contributed by atoms with E-state index in [2.05, 4.69) is 51.3 Å². The van der Waals surface area contributed by atoms with E-state index in [9.17, 15) is 9.59 Å². The normalized spacial score (nSPS) is 36.0. The number of rotatable bonds is 13. The van der Waals surface area contributed by atoms with Crippen molar-refractivity contribution in [2.75, 3.05) is 13.6 Å². The lowest BCUT2D eigenvalue weighted by atomic mass is 9.47. The molecule has 0 heterocycles. The van der Waals surface area contributed by atoms with Gasteiger partial charge in [-0.2, -0.15) is 0 Å². The second kappa shape index (κ2) is 13.8. The smallest absolute Gasteiger partial charge is 0.407 e. The highest BCUT2D eigenvalue weighted by molar-refractivity contribution is 5.79. The van der Waals surface area contributed by atoms with Gasteiger partial charge in [-0.1, -0.05) is 65.5 Å². The monoisotopic (exact) mass is 571 g/mol. The summed E-state index contributed by atoms with van der Waals surface area (Å²) in [4.78, 5) is 23.9. The van der Waals surface area contributed by atoms with Crippen molar-refractivity contribution in [3.05, 3.63) is 11.6 Å². The molecule has 4 aliphatic carbocycles. The van der Waals surface area contributed by atoms with Crippen LogP contribution in [0.3, 0.4) is 0 Å². The first-order valence-electron chi connectivity index (χ1n) is 17.1. The van der Waals surface area contributed by atoms with Crippen molar-refractivity contribution < 1.29 is 14.3 Å². The van der Waals surface area contributed by atoms with Gasteiger partial charge in [-0.05, 0) is 118 Å². The average molecular weight is 572 g/mol. The van der Waals surface area contributed by atoms with Gasteiger partial charge in [-0.25, -0.2) is 4.79 Å². The highest BCUT2D eigenvalue weighted by Gasteiger charge is 2.59. The van der Waals surface area contributed by atoms with Crippen molar-refractivity contribution in [2.24, 2.45) is 52.1 Å². The molecule has 0 aliphatic heterocycles. The number of hydrogen-bond acceptors (Lipinski definition) is 4. The van der Waals surface area contributed by atoms with Crippen molar-refractivity contribution >= 4 is 12.0 Å². The van der Waals surface area contributed by atoms with Gasteiger partial charge in [0.15, 0.2) is 0 Å². The maximum absolute atomic E-state index is 12.5. The Morgan fingerprint density at radius 3 is 2.49 bits per heavy atom. The van der Waals surface area contributed by atoms with E-state index in [1.54, 1.807) is 12.6 Å². The van der Waals surface area contributed by atoms with Gasteiger partial charge in [0.2, 0.25) is 5.91 Å². The van der Waals surface area contributed by atoms with Crippen LogP contribution < -0.4 is 16.4 Å². The van der Waals surface area contributed by atoms with Gasteiger partial charge >= 0.3 is 6.09 Å². The van der Waals surface area contributed by atoms with Crippen LogP contribution in [0.25, 0.3) is 0 Å². The third-order valence-corrected chi connectivity index (χ3v) is 12.4. The lowest BCUT2D eigenvalue weighted by molar-refractivity contribution is -0.120. The lowest BCUT2D eigenvalue weighted by Gasteiger charge is -2.58. The second-order valence-corrected chi connectivity index (χ2v) is 15.2. The molecule has 6 nitrogen and oxygen atoms in total. The van der Waals surface area contributed by atoms with Gasteiger partial charge in [0.05, 0.1) is 6.04 Å². The van der Waals surface area contributed by atoms with E-state index in [-0.39, 0.29) is 29.6 Å². The number of carbonyl (C=O) groups is 2. The summed E-state index contributed by atoms with van der Waals surface area (Å²) in [5, 5.41) is 5.86. The predicted molar refractivity (Wildman–Crippen MR) is 167 cm³/mol. The Hall–Kier alpha value is -1.56. The minimum atomic E-state index is -0.329. The predicted octanol–water partition coefficient (Wildman–Crippen LogP) is 7.37. The summed E-state index contributed by atoms with van der Waals surface area (Å²) in [6.45, 7) is 13.0. The summed E-state index contributed by atoms with van der Waals surface area (Å²) >= 11 is 0. The summed E-state index contributed by atoms with van der Waals surface area (Å²) in [6, 6.07) is -0.307. The Kier molecular flexibility index (Phi) is 10.9. The molecule has 9 atom stereocenters. The summed E-state index contributed by atoms with van der Waals surface area (Å²) < 4.78 is 5.90. The Balaban J connectivity index is 1.28. The quantitative estimate of drug-likeness (QED) is 0.159. The molecule has 4 N–H and O–H groups in total. The van der Waals surface area contributed by atoms with E-state index >= 15 is 0 Å². The first-order valence-corrected chi connectivity index (χ1v) is 17.1. The van der Waals surface area contributed by atoms with Crippen LogP contribution >= 0.6 is 0 Å². The molecule has 0 radical (unpaired) electrons. The number of amides is 2. The van der Waals surface area contributed by atoms with Crippen molar-refractivity contribution in [3.63, 3.8) is 0 Å². The van der Waals surface area contributed by atoms with E-state index < -0.39 is 0 Å². The van der Waals surface area contributed by atoms with Crippen LogP contribution in [0.2, 0.25) is 0 Å². The molecule has 3 saturated carbocycles. The van der Waals surface area contributed by atoms with Crippen molar-refractivity contribution in [2.45, 2.75) is 137 Å². The molecular weight excluding hydrogens is 510 g/mol. The summed E-state index contributed by atoms with van der Waals surface area (Å²) in [5.74, 6) is 4.73. The maximum Gasteiger partial charge on any atom is 0.407 e. The van der Waals surface area contributed by atoms with E-state index in [0.29, 0.717) is 18.4 Å². The summed E-state index contributed by atoms with van der Waals surface area (Å²) in [5.41, 5.74) is 7.73. The van der Waals surface area contributed by atoms with Gasteiger partial charge in [0.1, 0.15) is 6.10 Å². The summed E-state index contributed by atoms with van der Waals surface area (Å²) in [6.07, 6.45) is 18.6. The van der Waals surface area contributed by atoms with Gasteiger partial charge in [0.25, 0.3) is 0 Å². The number of nitrogens with one attached hydrogen (secondary N) is 2. The Morgan fingerprint density at radius 1 is 1.00 bits per heavy atom. The first-order chi connectivity index (χ1) is 19.5. The van der Waals surface area contributed by atoms with Crippen molar-refractivity contribution in [1.82, 2.24) is 10.6 Å². The fourth-order valence-corrected chi connectivity index (χ4v) is 10.0. The fraction of sp³-hybridized carbons (Fsp3) is 0.886. The SMILES string of the molecule is CNC(CCCCNC(=O)OC1CCC2(C)C(=CCC3C2CCC2(C)C(C(C)CCCC(C)C)CCC32)C1)C(N)=O. The molecule has 3 fully saturated rings. The molecule has 0 spiro atoms. The van der Waals surface area contributed by atoms with E-state index in [1.165, 1.54) is 51.4 Å². The Morgan fingerprint density at radius 2 is 1.78 bits per heavy atom. The molecule has 0 aromatic carbocycles. The number of nitrogens with two attached hydrogens (primary N) is 1. The number of likely N-dealkylation sites (N-methyl/N-ethyl adjacent to an activating group) is 1. The van der Waals surface area contributed by atoms with E-state index in [4.69, 9.17) is 10.5 Å². The molecule has 0 bridgehead atoms. The number of unbranched alkanes of at least 4 members (excludes halogenated alkanes) is 1. The summed E-state index contributed by atoms with van der Waals surface area (Å²) in [7, 11) is 1.74. The molecule has 2 amide bonds. The van der Waals surface area contributed by atoms with Crippen molar-refractivity contribution in [3.8, 4) is 0 Å². The minimum absolute atomic E-state index is 0.0224. The Bertz CT molecular complexity index is 934. The zero-order valence-corrected chi connectivity index (χ0v) is 27.1. The van der Waals surface area contributed by atoms with Crippen LogP contribution in [-0.2, 0) is 9.53 Å². The molecule has 4 aliphatic rings. The molecule has 0 saturated heterocycles. The third kappa shape index (κ3) is 7.16. The van der Waals surface area contributed by atoms with Crippen LogP contribution in [0, 0.1) is 46.3 Å². The van der Waals surface area contributed by atoms with Gasteiger partial charge in [0, 0.05) is 13.0 Å². The number of hydrogen-bond donors (Lipinski definition) is 3. The zero-order chi connectivity index (χ0) is 29.8. The second-order valence-electron chi connectivity index (χ2n) is 15.2. The highest BCUT2D eigenvalue weighted by atomic mass is 16.6. The minimum Gasteiger partial charge on any atom is -0.446 e. The topological polar surface area (TPSA) is 93.4 Å². The number of fused-ring (bicyclic) bond motifs is 5. The first kappa shape index (κ1) is 32.4. The van der Waals surface area contributed by atoms with Crippen LogP contribution in [0.1, 0.15) is 125 Å². The standard InChI is InChI=1S/C35H61N3O3/c1-23(2)10-9-11-24(3)28-15-16-29-27-14-13-25-22-26(17-19-34(25,4)30(27)18-20-35(28,29)5)41-33(40)38-21-8-7-12-31(37-6)32(36)39/h13,23-24,26-31,37H,7-12,14-22H2,1-6H3,(H2,36,39)(H,38,40). The molecule has 0 aromatic heterocycles. The van der Waals surface area contributed by atoms with Gasteiger partial charge in [-0.15, -0.1) is 0 Å². The highest BCUT2D eigenvalue weighted by Crippen LogP contribution is 2.67. The number of alkyl carbamates (subject to hydrolysis) is 1. The third-order valence-electron chi connectivity index (χ3n) is 12.4. The van der Waals surface area contributed by atoms with Gasteiger partial charge in [-0.3, -0.25) is 4.79 Å². The largest absolute Gasteiger partial charge is 0.446 e. The van der Waals surface area contributed by atoms with Crippen LogP contribution in [-0.4, -0.2) is 37.7 Å².